The third-order valence-electron chi connectivity index (χ3n) is 5.33. The second kappa shape index (κ2) is 7.15. The van der Waals surface area contributed by atoms with Gasteiger partial charge in [-0.05, 0) is 54.1 Å². The van der Waals surface area contributed by atoms with Crippen LogP contribution >= 0.6 is 0 Å². The van der Waals surface area contributed by atoms with Crippen molar-refractivity contribution in [2.45, 2.75) is 6.04 Å². The molecule has 6 heteroatoms. The largest absolute Gasteiger partial charge is 0.497 e. The number of para-hydroxylation sites is 1. The predicted octanol–water partition coefficient (Wildman–Crippen LogP) is 4.97. The minimum Gasteiger partial charge on any atom is -0.497 e. The summed E-state index contributed by atoms with van der Waals surface area (Å²) in [7, 11) is 1.61. The van der Waals surface area contributed by atoms with Gasteiger partial charge >= 0.3 is 0 Å². The first-order valence-electron chi connectivity index (χ1n) is 9.54. The zero-order valence-electron chi connectivity index (χ0n) is 16.2. The molecule has 0 saturated carbocycles. The zero-order valence-corrected chi connectivity index (χ0v) is 16.2. The van der Waals surface area contributed by atoms with Crippen LogP contribution in [0.2, 0.25) is 0 Å². The third kappa shape index (κ3) is 2.85. The van der Waals surface area contributed by atoms with Gasteiger partial charge in [0, 0.05) is 16.8 Å². The monoisotopic (exact) mass is 399 g/mol. The second-order valence-corrected chi connectivity index (χ2v) is 7.06. The summed E-state index contributed by atoms with van der Waals surface area (Å²) in [6.07, 6.45) is 0. The number of halogens is 1. The molecule has 0 radical (unpaired) electrons. The maximum absolute atomic E-state index is 14.1. The molecule has 1 aliphatic rings. The van der Waals surface area contributed by atoms with Crippen LogP contribution in [0.25, 0.3) is 11.3 Å². The van der Waals surface area contributed by atoms with Gasteiger partial charge in [-0.25, -0.2) is 4.39 Å². The molecule has 1 aliphatic heterocycles. The molecule has 5 rings (SSSR count). The number of ether oxygens (including phenoxy) is 1. The molecule has 1 N–H and O–H groups in total. The van der Waals surface area contributed by atoms with Crippen molar-refractivity contribution in [2.24, 2.45) is 0 Å². The number of amides is 1. The van der Waals surface area contributed by atoms with E-state index >= 15 is 0 Å². The summed E-state index contributed by atoms with van der Waals surface area (Å²) in [5.74, 6) is 0.184. The molecule has 0 spiro atoms. The molecule has 0 saturated heterocycles. The molecule has 30 heavy (non-hydrogen) atoms. The molecule has 0 bridgehead atoms. The number of carbonyl (C=O) groups is 1. The molecule has 148 valence electrons. The maximum Gasteiger partial charge on any atom is 0.277 e. The van der Waals surface area contributed by atoms with Crippen molar-refractivity contribution >= 4 is 11.6 Å². The molecular formula is C24H18FN3O2. The number of benzene rings is 3. The summed E-state index contributed by atoms with van der Waals surface area (Å²) in [5, 5.41) is 7.34. The standard InChI is InChI=1S/C24H18FN3O2/c1-30-19-12-10-15(11-13-19)21-20-22(27-26-21)24(29)28(18-8-3-2-4-9-18)23(20)16-6-5-7-17(25)14-16/h2-14,23H,1H3,(H,26,27)/t23-/m1/s1. The number of nitrogens with one attached hydrogen (secondary N) is 1. The fourth-order valence-corrected chi connectivity index (χ4v) is 3.96. The van der Waals surface area contributed by atoms with E-state index in [0.29, 0.717) is 17.0 Å². The molecule has 5 nitrogen and oxygen atoms in total. The van der Waals surface area contributed by atoms with E-state index in [1.165, 1.54) is 12.1 Å². The lowest BCUT2D eigenvalue weighted by atomic mass is 9.95. The van der Waals surface area contributed by atoms with E-state index in [4.69, 9.17) is 4.74 Å². The van der Waals surface area contributed by atoms with Crippen molar-refractivity contribution in [3.05, 3.63) is 102 Å². The molecule has 0 aliphatic carbocycles. The lowest BCUT2D eigenvalue weighted by Crippen LogP contribution is -2.29. The summed E-state index contributed by atoms with van der Waals surface area (Å²) in [5.41, 5.74) is 4.08. The van der Waals surface area contributed by atoms with Gasteiger partial charge in [0.15, 0.2) is 0 Å². The van der Waals surface area contributed by atoms with Gasteiger partial charge in [0.2, 0.25) is 0 Å². The number of hydrogen-bond acceptors (Lipinski definition) is 3. The number of hydrogen-bond donors (Lipinski definition) is 1. The van der Waals surface area contributed by atoms with Gasteiger partial charge in [0.05, 0.1) is 18.8 Å². The van der Waals surface area contributed by atoms with E-state index in [9.17, 15) is 9.18 Å². The van der Waals surface area contributed by atoms with E-state index in [1.54, 1.807) is 18.1 Å². The summed E-state index contributed by atoms with van der Waals surface area (Å²) in [6.45, 7) is 0. The number of anilines is 1. The van der Waals surface area contributed by atoms with Crippen LogP contribution in [0.15, 0.2) is 78.9 Å². The maximum atomic E-state index is 14.1. The van der Waals surface area contributed by atoms with Crippen LogP contribution in [0.3, 0.4) is 0 Å². The quantitative estimate of drug-likeness (QED) is 0.527. The van der Waals surface area contributed by atoms with Crippen LogP contribution in [0.1, 0.15) is 27.7 Å². The lowest BCUT2D eigenvalue weighted by Gasteiger charge is -2.26. The molecule has 0 fully saturated rings. The molecule has 0 unspecified atom stereocenters. The Balaban J connectivity index is 1.71. The average Bonchev–Trinajstić information content (AvgIpc) is 3.33. The summed E-state index contributed by atoms with van der Waals surface area (Å²) >= 11 is 0. The number of aromatic nitrogens is 2. The van der Waals surface area contributed by atoms with Gasteiger partial charge < -0.3 is 4.74 Å². The minimum atomic E-state index is -0.499. The van der Waals surface area contributed by atoms with Crippen LogP contribution in [0.4, 0.5) is 10.1 Å². The van der Waals surface area contributed by atoms with Gasteiger partial charge in [0.1, 0.15) is 17.3 Å². The van der Waals surface area contributed by atoms with Crippen molar-refractivity contribution in [3.63, 3.8) is 0 Å². The minimum absolute atomic E-state index is 0.197. The van der Waals surface area contributed by atoms with Crippen molar-refractivity contribution in [2.75, 3.05) is 12.0 Å². The smallest absolute Gasteiger partial charge is 0.277 e. The molecule has 1 amide bonds. The third-order valence-corrected chi connectivity index (χ3v) is 5.33. The number of carbonyl (C=O) groups excluding carboxylic acids is 1. The van der Waals surface area contributed by atoms with Gasteiger partial charge in [-0.1, -0.05) is 30.3 Å². The first-order valence-corrected chi connectivity index (χ1v) is 9.54. The second-order valence-electron chi connectivity index (χ2n) is 7.06. The van der Waals surface area contributed by atoms with Gasteiger partial charge in [-0.15, -0.1) is 0 Å². The van der Waals surface area contributed by atoms with Crippen LogP contribution < -0.4 is 9.64 Å². The molecule has 3 aromatic carbocycles. The van der Waals surface area contributed by atoms with Crippen molar-refractivity contribution in [3.8, 4) is 17.0 Å². The summed E-state index contributed by atoms with van der Waals surface area (Å²) in [6, 6.07) is 22.7. The van der Waals surface area contributed by atoms with Crippen molar-refractivity contribution < 1.29 is 13.9 Å². The molecule has 4 aromatic rings. The Morgan fingerprint density at radius 2 is 1.77 bits per heavy atom. The van der Waals surface area contributed by atoms with Crippen LogP contribution in [-0.4, -0.2) is 23.2 Å². The highest BCUT2D eigenvalue weighted by Crippen LogP contribution is 2.45. The van der Waals surface area contributed by atoms with Gasteiger partial charge in [-0.2, -0.15) is 5.10 Å². The number of methoxy groups -OCH3 is 1. The highest BCUT2D eigenvalue weighted by atomic mass is 19.1. The highest BCUT2D eigenvalue weighted by molar-refractivity contribution is 6.11. The van der Waals surface area contributed by atoms with Crippen molar-refractivity contribution in [1.82, 2.24) is 10.2 Å². The molecule has 1 atom stereocenters. The van der Waals surface area contributed by atoms with Crippen LogP contribution in [-0.2, 0) is 0 Å². The topological polar surface area (TPSA) is 58.2 Å². The number of fused-ring (bicyclic) bond motifs is 1. The van der Waals surface area contributed by atoms with E-state index in [2.05, 4.69) is 10.2 Å². The molecular weight excluding hydrogens is 381 g/mol. The Hall–Kier alpha value is -3.93. The fraction of sp³-hybridized carbons (Fsp3) is 0.0833. The van der Waals surface area contributed by atoms with Gasteiger partial charge in [-0.3, -0.25) is 14.8 Å². The number of nitrogens with zero attached hydrogens (tertiary/aromatic N) is 2. The molecule has 2 heterocycles. The normalized spacial score (nSPS) is 15.3. The first kappa shape index (κ1) is 18.1. The average molecular weight is 399 g/mol. The number of rotatable bonds is 4. The van der Waals surface area contributed by atoms with Gasteiger partial charge in [0.25, 0.3) is 5.91 Å². The highest BCUT2D eigenvalue weighted by Gasteiger charge is 2.43. The predicted molar refractivity (Wildman–Crippen MR) is 112 cm³/mol. The Morgan fingerprint density at radius 1 is 1.00 bits per heavy atom. The van der Waals surface area contributed by atoms with E-state index < -0.39 is 6.04 Å². The van der Waals surface area contributed by atoms with Crippen LogP contribution in [0.5, 0.6) is 5.75 Å². The van der Waals surface area contributed by atoms with E-state index in [0.717, 1.165) is 22.6 Å². The summed E-state index contributed by atoms with van der Waals surface area (Å²) in [4.78, 5) is 15.0. The molecule has 1 aromatic heterocycles. The fourth-order valence-electron chi connectivity index (χ4n) is 3.96. The van der Waals surface area contributed by atoms with E-state index in [-0.39, 0.29) is 11.7 Å². The zero-order chi connectivity index (χ0) is 20.7. The Kier molecular flexibility index (Phi) is 4.32. The Morgan fingerprint density at radius 3 is 2.47 bits per heavy atom. The first-order chi connectivity index (χ1) is 14.7. The number of H-pyrrole nitrogens is 1. The Bertz CT molecular complexity index is 1220. The van der Waals surface area contributed by atoms with Crippen LogP contribution in [0, 0.1) is 5.82 Å². The lowest BCUT2D eigenvalue weighted by molar-refractivity contribution is 0.0988. The van der Waals surface area contributed by atoms with Crippen molar-refractivity contribution in [1.29, 1.82) is 0 Å². The Labute approximate surface area is 172 Å². The summed E-state index contributed by atoms with van der Waals surface area (Å²) < 4.78 is 19.4. The van der Waals surface area contributed by atoms with E-state index in [1.807, 2.05) is 60.7 Å². The number of aromatic amines is 1. The SMILES string of the molecule is COc1ccc(-c2n[nH]c3c2[C@@H](c2cccc(F)c2)N(c2ccccc2)C3=O)cc1.